The van der Waals surface area contributed by atoms with Gasteiger partial charge in [0.15, 0.2) is 5.78 Å². The summed E-state index contributed by atoms with van der Waals surface area (Å²) >= 11 is 5.78. The summed E-state index contributed by atoms with van der Waals surface area (Å²) in [6.07, 6.45) is 0.745. The number of carboxylic acid groups (broad SMARTS) is 1. The van der Waals surface area contributed by atoms with E-state index in [-0.39, 0.29) is 12.2 Å². The maximum Gasteiger partial charge on any atom is 0.163 e. The van der Waals surface area contributed by atoms with Crippen LogP contribution in [0.5, 0.6) is 0 Å². The van der Waals surface area contributed by atoms with Gasteiger partial charge in [0.1, 0.15) is 0 Å². The van der Waals surface area contributed by atoms with Gasteiger partial charge >= 0.3 is 0 Å². The Bertz CT molecular complexity index is 660. The summed E-state index contributed by atoms with van der Waals surface area (Å²) in [6.45, 7) is 2.02. The smallest absolute Gasteiger partial charge is 0.163 e. The third kappa shape index (κ3) is 3.95. The average Bonchev–Trinajstić information content (AvgIpc) is 2.53. The zero-order chi connectivity index (χ0) is 16.1. The second-order valence-corrected chi connectivity index (χ2v) is 5.54. The Hall–Kier alpha value is -2.13. The third-order valence-electron chi connectivity index (χ3n) is 3.63. The molecule has 22 heavy (non-hydrogen) atoms. The predicted molar refractivity (Wildman–Crippen MR) is 84.0 cm³/mol. The number of hydrogen-bond donors (Lipinski definition) is 0. The number of halogens is 1. The molecule has 1 atom stereocenters. The molecule has 0 aromatic heterocycles. The van der Waals surface area contributed by atoms with Gasteiger partial charge in [-0.15, -0.1) is 0 Å². The first-order valence-corrected chi connectivity index (χ1v) is 7.47. The lowest BCUT2D eigenvalue weighted by molar-refractivity contribution is -0.307. The van der Waals surface area contributed by atoms with Gasteiger partial charge in [-0.1, -0.05) is 42.8 Å². The van der Waals surface area contributed by atoms with Crippen LogP contribution in [0.4, 0.5) is 0 Å². The molecule has 2 aromatic carbocycles. The lowest BCUT2D eigenvalue weighted by atomic mass is 9.91. The van der Waals surface area contributed by atoms with E-state index in [4.69, 9.17) is 11.6 Å². The van der Waals surface area contributed by atoms with Crippen LogP contribution in [0, 0.1) is 0 Å². The molecule has 2 rings (SSSR count). The van der Waals surface area contributed by atoms with E-state index in [1.807, 2.05) is 19.1 Å². The number of aliphatic carboxylic acids is 1. The fourth-order valence-electron chi connectivity index (χ4n) is 2.26. The van der Waals surface area contributed by atoms with Gasteiger partial charge in [-0.2, -0.15) is 0 Å². The minimum Gasteiger partial charge on any atom is -0.549 e. The van der Waals surface area contributed by atoms with E-state index < -0.39 is 11.9 Å². The third-order valence-corrected chi connectivity index (χ3v) is 3.88. The summed E-state index contributed by atoms with van der Waals surface area (Å²) in [7, 11) is 0. The van der Waals surface area contributed by atoms with Crippen molar-refractivity contribution in [3.05, 3.63) is 70.2 Å². The van der Waals surface area contributed by atoms with Crippen LogP contribution in [0.3, 0.4) is 0 Å². The molecule has 4 heteroatoms. The molecule has 0 aliphatic heterocycles. The van der Waals surface area contributed by atoms with Gasteiger partial charge in [-0.05, 0) is 41.8 Å². The van der Waals surface area contributed by atoms with E-state index in [1.165, 1.54) is 0 Å². The molecule has 3 nitrogen and oxygen atoms in total. The van der Waals surface area contributed by atoms with Gasteiger partial charge in [0.2, 0.25) is 0 Å². The highest BCUT2D eigenvalue weighted by Gasteiger charge is 2.18. The summed E-state index contributed by atoms with van der Waals surface area (Å²) in [5.74, 6) is -2.44. The molecule has 114 valence electrons. The Morgan fingerprint density at radius 1 is 1.05 bits per heavy atom. The van der Waals surface area contributed by atoms with Crippen LogP contribution in [0.15, 0.2) is 48.5 Å². The molecule has 2 aromatic rings. The molecule has 0 amide bonds. The van der Waals surface area contributed by atoms with Crippen LogP contribution >= 0.6 is 11.6 Å². The molecular formula is C18H16ClO3-. The monoisotopic (exact) mass is 315 g/mol. The van der Waals surface area contributed by atoms with E-state index >= 15 is 0 Å². The molecule has 0 bridgehead atoms. The molecule has 0 heterocycles. The van der Waals surface area contributed by atoms with Crippen molar-refractivity contribution in [2.75, 3.05) is 0 Å². The maximum atomic E-state index is 12.2. The van der Waals surface area contributed by atoms with Crippen molar-refractivity contribution in [3.8, 4) is 0 Å². The van der Waals surface area contributed by atoms with Crippen molar-refractivity contribution in [2.24, 2.45) is 0 Å². The molecule has 0 N–H and O–H groups in total. The van der Waals surface area contributed by atoms with Crippen LogP contribution in [0.1, 0.15) is 40.7 Å². The van der Waals surface area contributed by atoms with E-state index in [1.54, 1.807) is 36.4 Å². The topological polar surface area (TPSA) is 57.2 Å². The normalized spacial score (nSPS) is 11.9. The van der Waals surface area contributed by atoms with Crippen molar-refractivity contribution in [1.82, 2.24) is 0 Å². The van der Waals surface area contributed by atoms with Crippen LogP contribution in [0.2, 0.25) is 5.02 Å². The lowest BCUT2D eigenvalue weighted by Gasteiger charge is -2.18. The number of rotatable bonds is 6. The molecular weight excluding hydrogens is 300 g/mol. The number of benzene rings is 2. The van der Waals surface area contributed by atoms with Crippen LogP contribution in [-0.4, -0.2) is 11.8 Å². The highest BCUT2D eigenvalue weighted by atomic mass is 35.5. The van der Waals surface area contributed by atoms with E-state index in [2.05, 4.69) is 0 Å². The molecule has 0 saturated carbocycles. The van der Waals surface area contributed by atoms with Crippen molar-refractivity contribution >= 4 is 23.4 Å². The number of hydrogen-bond acceptors (Lipinski definition) is 3. The zero-order valence-electron chi connectivity index (χ0n) is 12.2. The molecule has 0 unspecified atom stereocenters. The first kappa shape index (κ1) is 16.2. The molecule has 0 radical (unpaired) electrons. The van der Waals surface area contributed by atoms with Gasteiger partial charge < -0.3 is 9.90 Å². The Balaban J connectivity index is 2.19. The second kappa shape index (κ2) is 7.23. The number of aryl methyl sites for hydroxylation is 1. The Morgan fingerprint density at radius 2 is 1.64 bits per heavy atom. The molecule has 0 aliphatic rings. The minimum atomic E-state index is -1.24. The van der Waals surface area contributed by atoms with Crippen molar-refractivity contribution in [3.63, 3.8) is 0 Å². The van der Waals surface area contributed by atoms with Crippen LogP contribution in [-0.2, 0) is 11.2 Å². The van der Waals surface area contributed by atoms with Crippen molar-refractivity contribution in [2.45, 2.75) is 25.7 Å². The first-order chi connectivity index (χ1) is 10.5. The Kier molecular flexibility index (Phi) is 5.34. The van der Waals surface area contributed by atoms with Crippen LogP contribution in [0.25, 0.3) is 0 Å². The SMILES string of the molecule is CCc1ccc([C@H](CC(=O)c2ccc(Cl)cc2)C(=O)[O-])cc1. The second-order valence-electron chi connectivity index (χ2n) is 5.10. The fourth-order valence-corrected chi connectivity index (χ4v) is 2.39. The van der Waals surface area contributed by atoms with E-state index in [0.717, 1.165) is 12.0 Å². The Morgan fingerprint density at radius 3 is 2.14 bits per heavy atom. The molecule has 0 aliphatic carbocycles. The molecule has 0 saturated heterocycles. The summed E-state index contributed by atoms with van der Waals surface area (Å²) in [5.41, 5.74) is 2.14. The number of carboxylic acids is 1. The summed E-state index contributed by atoms with van der Waals surface area (Å²) in [6, 6.07) is 13.6. The predicted octanol–water partition coefficient (Wildman–Crippen LogP) is 3.01. The van der Waals surface area contributed by atoms with Gasteiger partial charge in [0.25, 0.3) is 0 Å². The van der Waals surface area contributed by atoms with E-state index in [0.29, 0.717) is 16.1 Å². The van der Waals surface area contributed by atoms with Crippen LogP contribution < -0.4 is 5.11 Å². The number of ketones is 1. The largest absolute Gasteiger partial charge is 0.549 e. The van der Waals surface area contributed by atoms with Crippen molar-refractivity contribution < 1.29 is 14.7 Å². The fraction of sp³-hybridized carbons (Fsp3) is 0.222. The first-order valence-electron chi connectivity index (χ1n) is 7.09. The standard InChI is InChI=1S/C18H17ClO3/c1-2-12-3-5-13(6-4-12)16(18(21)22)11-17(20)14-7-9-15(19)10-8-14/h3-10,16H,2,11H2,1H3,(H,21,22)/p-1/t16-/m0/s1. The highest BCUT2D eigenvalue weighted by molar-refractivity contribution is 6.30. The maximum absolute atomic E-state index is 12.2. The molecule has 0 fully saturated rings. The molecule has 0 spiro atoms. The number of carbonyl (C=O) groups is 2. The highest BCUT2D eigenvalue weighted by Crippen LogP contribution is 2.23. The summed E-state index contributed by atoms with van der Waals surface area (Å²) in [4.78, 5) is 23.6. The van der Waals surface area contributed by atoms with Gasteiger partial charge in [-0.25, -0.2) is 0 Å². The summed E-state index contributed by atoms with van der Waals surface area (Å²) < 4.78 is 0. The van der Waals surface area contributed by atoms with Gasteiger partial charge in [0.05, 0.1) is 0 Å². The van der Waals surface area contributed by atoms with Gasteiger partial charge in [-0.3, -0.25) is 4.79 Å². The lowest BCUT2D eigenvalue weighted by Crippen LogP contribution is -2.31. The number of Topliss-reactive ketones (excluding diaryl/α,β-unsaturated/α-hetero) is 1. The van der Waals surface area contributed by atoms with Gasteiger partial charge in [0, 0.05) is 28.9 Å². The minimum absolute atomic E-state index is 0.130. The average molecular weight is 316 g/mol. The quantitative estimate of drug-likeness (QED) is 0.770. The number of carbonyl (C=O) groups excluding carboxylic acids is 2. The van der Waals surface area contributed by atoms with Crippen molar-refractivity contribution in [1.29, 1.82) is 0 Å². The zero-order valence-corrected chi connectivity index (χ0v) is 13.0. The Labute approximate surface area is 134 Å². The van der Waals surface area contributed by atoms with E-state index in [9.17, 15) is 14.7 Å². The summed E-state index contributed by atoms with van der Waals surface area (Å²) in [5, 5.41) is 11.9.